The normalized spacial score (nSPS) is 10.6. The number of halogens is 1. The van der Waals surface area contributed by atoms with Gasteiger partial charge in [0, 0.05) is 0 Å². The molecule has 0 aliphatic carbocycles. The van der Waals surface area contributed by atoms with E-state index in [0.29, 0.717) is 5.65 Å². The van der Waals surface area contributed by atoms with E-state index in [2.05, 4.69) is 10.1 Å². The highest BCUT2D eigenvalue weighted by Crippen LogP contribution is 2.06. The number of aryl methyl sites for hydroxylation is 1. The van der Waals surface area contributed by atoms with Crippen molar-refractivity contribution in [1.29, 1.82) is 0 Å². The molecule has 5 heteroatoms. The summed E-state index contributed by atoms with van der Waals surface area (Å²) in [6.07, 6.45) is 1.51. The fourth-order valence-electron chi connectivity index (χ4n) is 1.07. The maximum atomic E-state index is 10.8. The molecular formula is C8H6ClN3O. The predicted molar refractivity (Wildman–Crippen MR) is 47.9 cm³/mol. The molecule has 0 unspecified atom stereocenters. The molecule has 0 radical (unpaired) electrons. The van der Waals surface area contributed by atoms with Crippen molar-refractivity contribution < 1.29 is 4.79 Å². The van der Waals surface area contributed by atoms with Crippen molar-refractivity contribution in [3.05, 3.63) is 29.7 Å². The predicted octanol–water partition coefficient (Wildman–Crippen LogP) is 1.42. The third kappa shape index (κ3) is 1.40. The Morgan fingerprint density at radius 3 is 3.00 bits per heavy atom. The number of fused-ring (bicyclic) bond motifs is 1. The van der Waals surface area contributed by atoms with Gasteiger partial charge in [-0.25, -0.2) is 9.50 Å². The molecule has 0 saturated heterocycles. The summed E-state index contributed by atoms with van der Waals surface area (Å²) in [6.45, 7) is 1.86. The Morgan fingerprint density at radius 2 is 2.31 bits per heavy atom. The Kier molecular flexibility index (Phi) is 1.77. The van der Waals surface area contributed by atoms with Gasteiger partial charge < -0.3 is 0 Å². The average Bonchev–Trinajstić information content (AvgIpc) is 2.46. The second-order valence-corrected chi connectivity index (χ2v) is 3.02. The molecule has 66 valence electrons. The number of hydrogen-bond acceptors (Lipinski definition) is 3. The first-order valence-electron chi connectivity index (χ1n) is 3.70. The summed E-state index contributed by atoms with van der Waals surface area (Å²) in [6, 6.07) is 3.61. The summed E-state index contributed by atoms with van der Waals surface area (Å²) in [5.41, 5.74) is 1.70. The van der Waals surface area contributed by atoms with Crippen LogP contribution in [0.3, 0.4) is 0 Å². The van der Waals surface area contributed by atoms with E-state index in [9.17, 15) is 4.79 Å². The minimum atomic E-state index is -0.567. The Morgan fingerprint density at radius 1 is 1.54 bits per heavy atom. The first-order chi connectivity index (χ1) is 6.16. The van der Waals surface area contributed by atoms with Crippen molar-refractivity contribution in [1.82, 2.24) is 14.6 Å². The first-order valence-corrected chi connectivity index (χ1v) is 4.07. The number of imidazole rings is 1. The summed E-state index contributed by atoms with van der Waals surface area (Å²) < 4.78 is 1.53. The van der Waals surface area contributed by atoms with Crippen LogP contribution in [0.2, 0.25) is 0 Å². The lowest BCUT2D eigenvalue weighted by molar-refractivity contribution is 0.107. The van der Waals surface area contributed by atoms with Crippen LogP contribution in [0.15, 0.2) is 18.3 Å². The molecule has 0 aliphatic rings. The standard InChI is InChI=1S/C8H6ClN3O/c1-5-2-3-7-10-6(8(9)13)4-12(7)11-5/h2-4H,1H3. The van der Waals surface area contributed by atoms with Crippen molar-refractivity contribution >= 4 is 22.5 Å². The molecule has 0 spiro atoms. The summed E-state index contributed by atoms with van der Waals surface area (Å²) in [4.78, 5) is 14.7. The van der Waals surface area contributed by atoms with Gasteiger partial charge in [0.15, 0.2) is 5.65 Å². The van der Waals surface area contributed by atoms with Gasteiger partial charge in [0.1, 0.15) is 5.69 Å². The molecule has 0 aromatic carbocycles. The maximum Gasteiger partial charge on any atom is 0.272 e. The van der Waals surface area contributed by atoms with Crippen molar-refractivity contribution in [2.24, 2.45) is 0 Å². The quantitative estimate of drug-likeness (QED) is 0.647. The molecule has 2 heterocycles. The number of hydrogen-bond donors (Lipinski definition) is 0. The second-order valence-electron chi connectivity index (χ2n) is 2.68. The molecule has 0 N–H and O–H groups in total. The lowest BCUT2D eigenvalue weighted by Gasteiger charge is -1.91. The van der Waals surface area contributed by atoms with Crippen molar-refractivity contribution in [2.75, 3.05) is 0 Å². The molecule has 2 aromatic rings. The molecule has 0 amide bonds. The SMILES string of the molecule is Cc1ccc2nc(C(=O)Cl)cn2n1. The average molecular weight is 196 g/mol. The van der Waals surface area contributed by atoms with Crippen molar-refractivity contribution in [2.45, 2.75) is 6.92 Å². The van der Waals surface area contributed by atoms with Crippen LogP contribution in [0.4, 0.5) is 0 Å². The van der Waals surface area contributed by atoms with Gasteiger partial charge in [-0.2, -0.15) is 5.10 Å². The third-order valence-electron chi connectivity index (χ3n) is 1.65. The molecule has 0 atom stereocenters. The summed E-state index contributed by atoms with van der Waals surface area (Å²) >= 11 is 5.27. The van der Waals surface area contributed by atoms with Crippen LogP contribution in [0.1, 0.15) is 16.2 Å². The van der Waals surface area contributed by atoms with Gasteiger partial charge in [-0.1, -0.05) is 0 Å². The number of aromatic nitrogens is 3. The number of rotatable bonds is 1. The van der Waals surface area contributed by atoms with Crippen molar-refractivity contribution in [3.63, 3.8) is 0 Å². The molecule has 0 bridgehead atoms. The monoisotopic (exact) mass is 195 g/mol. The van der Waals surface area contributed by atoms with E-state index in [0.717, 1.165) is 5.69 Å². The topological polar surface area (TPSA) is 47.3 Å². The Hall–Kier alpha value is -1.42. The molecule has 2 aromatic heterocycles. The van der Waals surface area contributed by atoms with Crippen LogP contribution in [0.5, 0.6) is 0 Å². The van der Waals surface area contributed by atoms with E-state index in [4.69, 9.17) is 11.6 Å². The summed E-state index contributed by atoms with van der Waals surface area (Å²) in [7, 11) is 0. The van der Waals surface area contributed by atoms with Crippen LogP contribution >= 0.6 is 11.6 Å². The molecule has 0 fully saturated rings. The largest absolute Gasteiger partial charge is 0.274 e. The van der Waals surface area contributed by atoms with Crippen LogP contribution in [-0.2, 0) is 0 Å². The van der Waals surface area contributed by atoms with E-state index < -0.39 is 5.24 Å². The van der Waals surface area contributed by atoms with Gasteiger partial charge in [0.2, 0.25) is 0 Å². The number of carbonyl (C=O) groups is 1. The molecular weight excluding hydrogens is 190 g/mol. The van der Waals surface area contributed by atoms with Crippen molar-refractivity contribution in [3.8, 4) is 0 Å². The van der Waals surface area contributed by atoms with E-state index in [1.807, 2.05) is 13.0 Å². The zero-order chi connectivity index (χ0) is 9.42. The second kappa shape index (κ2) is 2.81. The minimum absolute atomic E-state index is 0.222. The molecule has 2 rings (SSSR count). The fraction of sp³-hybridized carbons (Fsp3) is 0.125. The Labute approximate surface area is 79.2 Å². The molecule has 4 nitrogen and oxygen atoms in total. The highest BCUT2D eigenvalue weighted by Gasteiger charge is 2.07. The van der Waals surface area contributed by atoms with Gasteiger partial charge in [-0.15, -0.1) is 0 Å². The highest BCUT2D eigenvalue weighted by molar-refractivity contribution is 6.67. The van der Waals surface area contributed by atoms with Crippen LogP contribution in [-0.4, -0.2) is 19.8 Å². The number of nitrogens with zero attached hydrogens (tertiary/aromatic N) is 3. The first kappa shape index (κ1) is 8.19. The zero-order valence-corrected chi connectivity index (χ0v) is 7.62. The van der Waals surface area contributed by atoms with Crippen LogP contribution in [0.25, 0.3) is 5.65 Å². The van der Waals surface area contributed by atoms with Gasteiger partial charge in [0.25, 0.3) is 5.24 Å². The smallest absolute Gasteiger partial charge is 0.272 e. The van der Waals surface area contributed by atoms with Gasteiger partial charge in [-0.3, -0.25) is 4.79 Å². The van der Waals surface area contributed by atoms with Crippen LogP contribution < -0.4 is 0 Å². The van der Waals surface area contributed by atoms with E-state index >= 15 is 0 Å². The van der Waals surface area contributed by atoms with E-state index in [1.54, 1.807) is 6.07 Å². The lowest BCUT2D eigenvalue weighted by Crippen LogP contribution is -1.91. The number of carbonyl (C=O) groups excluding carboxylic acids is 1. The van der Waals surface area contributed by atoms with Crippen LogP contribution in [0, 0.1) is 6.92 Å². The Balaban J connectivity index is 2.68. The zero-order valence-electron chi connectivity index (χ0n) is 6.86. The highest BCUT2D eigenvalue weighted by atomic mass is 35.5. The molecule has 0 saturated carbocycles. The minimum Gasteiger partial charge on any atom is -0.274 e. The fourth-order valence-corrected chi connectivity index (χ4v) is 1.16. The molecule has 13 heavy (non-hydrogen) atoms. The van der Waals surface area contributed by atoms with Gasteiger partial charge in [0.05, 0.1) is 11.9 Å². The summed E-state index contributed by atoms with van der Waals surface area (Å²) in [5, 5.41) is 3.56. The van der Waals surface area contributed by atoms with Gasteiger partial charge in [-0.05, 0) is 30.7 Å². The molecule has 0 aliphatic heterocycles. The third-order valence-corrected chi connectivity index (χ3v) is 1.85. The lowest BCUT2D eigenvalue weighted by atomic mass is 10.4. The summed E-state index contributed by atoms with van der Waals surface area (Å²) in [5.74, 6) is 0. The Bertz CT molecular complexity index is 477. The maximum absolute atomic E-state index is 10.8. The van der Waals surface area contributed by atoms with Gasteiger partial charge >= 0.3 is 0 Å². The van der Waals surface area contributed by atoms with E-state index in [-0.39, 0.29) is 5.69 Å². The van der Waals surface area contributed by atoms with E-state index in [1.165, 1.54) is 10.7 Å².